The normalized spacial score (nSPS) is 16.6. The number of ketones is 1. The van der Waals surface area contributed by atoms with E-state index in [9.17, 15) is 14.7 Å². The summed E-state index contributed by atoms with van der Waals surface area (Å²) in [6.07, 6.45) is 3.11. The molecule has 5 heteroatoms. The second kappa shape index (κ2) is 7.72. The number of nitrogens with one attached hydrogen (secondary N) is 1. The topological polar surface area (TPSA) is 79.4 Å². The number of benzene rings is 2. The van der Waals surface area contributed by atoms with E-state index in [4.69, 9.17) is 4.74 Å². The van der Waals surface area contributed by atoms with Gasteiger partial charge in [-0.15, -0.1) is 0 Å². The standard InChI is InChI=1S/C23H21NO4/c25-19(13-16-14-24-18-11-5-4-10-17(16)18)21-22(26)20(28-23(21)27)12-6-9-15-7-2-1-3-8-15/h1-5,7-8,10-11,14,20,24,26H,6,9,12-13H2. The Morgan fingerprint density at radius 1 is 1.07 bits per heavy atom. The van der Waals surface area contributed by atoms with Crippen LogP contribution in [0.15, 0.2) is 72.1 Å². The molecule has 2 N–H and O–H groups in total. The number of ether oxygens (including phenoxy) is 1. The number of hydrogen-bond donors (Lipinski definition) is 2. The third-order valence-corrected chi connectivity index (χ3v) is 5.09. The van der Waals surface area contributed by atoms with Crippen LogP contribution in [0.5, 0.6) is 0 Å². The number of carbonyl (C=O) groups excluding carboxylic acids is 2. The molecule has 1 unspecified atom stereocenters. The highest BCUT2D eigenvalue weighted by molar-refractivity contribution is 6.20. The number of Topliss-reactive ketones (excluding diaryl/α,β-unsaturated/α-hetero) is 1. The summed E-state index contributed by atoms with van der Waals surface area (Å²) in [4.78, 5) is 28.0. The molecule has 4 rings (SSSR count). The van der Waals surface area contributed by atoms with Gasteiger partial charge in [0.1, 0.15) is 5.57 Å². The number of H-pyrrole nitrogens is 1. The minimum Gasteiger partial charge on any atom is -0.507 e. The third kappa shape index (κ3) is 3.56. The van der Waals surface area contributed by atoms with Gasteiger partial charge in [-0.05, 0) is 36.5 Å². The third-order valence-electron chi connectivity index (χ3n) is 5.09. The van der Waals surface area contributed by atoms with Crippen LogP contribution in [0.4, 0.5) is 0 Å². The number of esters is 1. The first-order valence-electron chi connectivity index (χ1n) is 9.39. The average molecular weight is 375 g/mol. The van der Waals surface area contributed by atoms with Gasteiger partial charge < -0.3 is 14.8 Å². The highest BCUT2D eigenvalue weighted by atomic mass is 16.6. The van der Waals surface area contributed by atoms with Crippen molar-refractivity contribution < 1.29 is 19.4 Å². The van der Waals surface area contributed by atoms with Crippen LogP contribution in [-0.2, 0) is 27.2 Å². The maximum atomic E-state index is 12.7. The summed E-state index contributed by atoms with van der Waals surface area (Å²) in [6.45, 7) is 0. The van der Waals surface area contributed by atoms with E-state index >= 15 is 0 Å². The van der Waals surface area contributed by atoms with Crippen LogP contribution in [0.1, 0.15) is 24.0 Å². The van der Waals surface area contributed by atoms with Gasteiger partial charge in [0.2, 0.25) is 0 Å². The number of rotatable bonds is 7. The van der Waals surface area contributed by atoms with Gasteiger partial charge in [0.25, 0.3) is 0 Å². The molecule has 0 radical (unpaired) electrons. The van der Waals surface area contributed by atoms with Gasteiger partial charge in [0, 0.05) is 23.5 Å². The van der Waals surface area contributed by atoms with Crippen molar-refractivity contribution in [1.82, 2.24) is 4.98 Å². The molecule has 142 valence electrons. The largest absolute Gasteiger partial charge is 0.507 e. The maximum absolute atomic E-state index is 12.7. The highest BCUT2D eigenvalue weighted by Gasteiger charge is 2.37. The van der Waals surface area contributed by atoms with Gasteiger partial charge in [0.05, 0.1) is 0 Å². The Kier molecular flexibility index (Phi) is 4.98. The minimum atomic E-state index is -0.738. The summed E-state index contributed by atoms with van der Waals surface area (Å²) in [5, 5.41) is 11.4. The molecule has 0 fully saturated rings. The number of cyclic esters (lactones) is 1. The lowest BCUT2D eigenvalue weighted by atomic mass is 10.00. The lowest BCUT2D eigenvalue weighted by Crippen LogP contribution is -2.13. The zero-order valence-corrected chi connectivity index (χ0v) is 15.4. The SMILES string of the molecule is O=C(Cc1c[nH]c2ccccc12)C1=C(O)C(CCCc2ccccc2)OC1=O. The van der Waals surface area contributed by atoms with E-state index in [0.29, 0.717) is 6.42 Å². The fraction of sp³-hybridized carbons (Fsp3) is 0.217. The van der Waals surface area contributed by atoms with Gasteiger partial charge in [0.15, 0.2) is 17.6 Å². The fourth-order valence-corrected chi connectivity index (χ4v) is 3.64. The number of aromatic nitrogens is 1. The Labute approximate surface area is 162 Å². The number of hydrogen-bond acceptors (Lipinski definition) is 4. The number of aromatic amines is 1. The van der Waals surface area contributed by atoms with E-state index in [0.717, 1.165) is 29.3 Å². The molecule has 3 aromatic rings. The Morgan fingerprint density at radius 3 is 2.64 bits per heavy atom. The molecule has 0 saturated heterocycles. The molecule has 0 spiro atoms. The summed E-state index contributed by atoms with van der Waals surface area (Å²) in [5.74, 6) is -1.38. The summed E-state index contributed by atoms with van der Waals surface area (Å²) in [6, 6.07) is 17.6. The molecule has 1 atom stereocenters. The van der Waals surface area contributed by atoms with Gasteiger partial charge in [-0.1, -0.05) is 48.5 Å². The van der Waals surface area contributed by atoms with Gasteiger partial charge >= 0.3 is 5.97 Å². The molecule has 1 aliphatic heterocycles. The van der Waals surface area contributed by atoms with E-state index in [1.165, 1.54) is 5.56 Å². The zero-order chi connectivity index (χ0) is 19.5. The molecule has 0 amide bonds. The van der Waals surface area contributed by atoms with Gasteiger partial charge in [-0.3, -0.25) is 4.79 Å². The Balaban J connectivity index is 1.43. The second-order valence-corrected chi connectivity index (χ2v) is 6.99. The molecule has 0 saturated carbocycles. The Bertz CT molecular complexity index is 1050. The molecule has 0 aliphatic carbocycles. The Morgan fingerprint density at radius 2 is 1.82 bits per heavy atom. The Hall–Kier alpha value is -3.34. The van der Waals surface area contributed by atoms with Crippen molar-refractivity contribution in [2.75, 3.05) is 0 Å². The predicted molar refractivity (Wildman–Crippen MR) is 106 cm³/mol. The van der Waals surface area contributed by atoms with E-state index in [-0.39, 0.29) is 17.8 Å². The molecule has 2 aromatic carbocycles. The number of aliphatic hydroxyl groups is 1. The lowest BCUT2D eigenvalue weighted by molar-refractivity contribution is -0.141. The van der Waals surface area contributed by atoms with Crippen molar-refractivity contribution in [3.8, 4) is 0 Å². The van der Waals surface area contributed by atoms with Crippen LogP contribution in [0, 0.1) is 0 Å². The molecule has 1 aliphatic rings. The van der Waals surface area contributed by atoms with Crippen molar-refractivity contribution in [3.63, 3.8) is 0 Å². The van der Waals surface area contributed by atoms with Crippen molar-refractivity contribution in [3.05, 3.63) is 83.3 Å². The van der Waals surface area contributed by atoms with Crippen molar-refractivity contribution in [2.45, 2.75) is 31.8 Å². The summed E-state index contributed by atoms with van der Waals surface area (Å²) in [7, 11) is 0. The minimum absolute atomic E-state index is 0.0369. The summed E-state index contributed by atoms with van der Waals surface area (Å²) >= 11 is 0. The molecule has 0 bridgehead atoms. The number of aryl methyl sites for hydroxylation is 1. The molecule has 5 nitrogen and oxygen atoms in total. The summed E-state index contributed by atoms with van der Waals surface area (Å²) < 4.78 is 5.26. The number of carbonyl (C=O) groups is 2. The van der Waals surface area contributed by atoms with Crippen molar-refractivity contribution in [2.24, 2.45) is 0 Å². The number of para-hydroxylation sites is 1. The number of fused-ring (bicyclic) bond motifs is 1. The van der Waals surface area contributed by atoms with Gasteiger partial charge in [-0.2, -0.15) is 0 Å². The second-order valence-electron chi connectivity index (χ2n) is 6.99. The maximum Gasteiger partial charge on any atom is 0.346 e. The molecule has 1 aromatic heterocycles. The van der Waals surface area contributed by atoms with Crippen LogP contribution in [0.25, 0.3) is 10.9 Å². The lowest BCUT2D eigenvalue weighted by Gasteiger charge is -2.09. The molecule has 2 heterocycles. The van der Waals surface area contributed by atoms with Crippen LogP contribution < -0.4 is 0 Å². The van der Waals surface area contributed by atoms with Crippen molar-refractivity contribution >= 4 is 22.7 Å². The van der Waals surface area contributed by atoms with E-state index in [1.54, 1.807) is 6.20 Å². The first-order chi connectivity index (χ1) is 13.6. The van der Waals surface area contributed by atoms with Gasteiger partial charge in [-0.25, -0.2) is 4.79 Å². The quantitative estimate of drug-likeness (QED) is 0.482. The number of aliphatic hydroxyl groups excluding tert-OH is 1. The predicted octanol–water partition coefficient (Wildman–Crippen LogP) is 4.04. The smallest absolute Gasteiger partial charge is 0.346 e. The van der Waals surface area contributed by atoms with E-state index in [2.05, 4.69) is 4.98 Å². The van der Waals surface area contributed by atoms with E-state index < -0.39 is 17.9 Å². The van der Waals surface area contributed by atoms with Crippen LogP contribution in [-0.4, -0.2) is 27.9 Å². The fourth-order valence-electron chi connectivity index (χ4n) is 3.64. The highest BCUT2D eigenvalue weighted by Crippen LogP contribution is 2.27. The van der Waals surface area contributed by atoms with Crippen LogP contribution in [0.2, 0.25) is 0 Å². The monoisotopic (exact) mass is 375 g/mol. The molecular weight excluding hydrogens is 354 g/mol. The average Bonchev–Trinajstić information content (AvgIpc) is 3.23. The van der Waals surface area contributed by atoms with Crippen LogP contribution in [0.3, 0.4) is 0 Å². The van der Waals surface area contributed by atoms with Crippen molar-refractivity contribution in [1.29, 1.82) is 0 Å². The summed E-state index contributed by atoms with van der Waals surface area (Å²) in [5.41, 5.74) is 2.69. The first-order valence-corrected chi connectivity index (χ1v) is 9.39. The first kappa shape index (κ1) is 18.0. The van der Waals surface area contributed by atoms with E-state index in [1.807, 2.05) is 54.6 Å². The zero-order valence-electron chi connectivity index (χ0n) is 15.4. The molecular formula is C23H21NO4. The molecule has 28 heavy (non-hydrogen) atoms. The van der Waals surface area contributed by atoms with Crippen LogP contribution >= 0.6 is 0 Å².